The number of pyridine rings is 1. The van der Waals surface area contributed by atoms with E-state index in [9.17, 15) is 9.90 Å². The summed E-state index contributed by atoms with van der Waals surface area (Å²) >= 11 is 0. The normalized spacial score (nSPS) is 17.2. The van der Waals surface area contributed by atoms with Crippen molar-refractivity contribution in [2.45, 2.75) is 32.5 Å². The Labute approximate surface area is 179 Å². The van der Waals surface area contributed by atoms with Crippen LogP contribution in [0.15, 0.2) is 36.5 Å². The van der Waals surface area contributed by atoms with Crippen molar-refractivity contribution in [3.8, 4) is 0 Å². The van der Waals surface area contributed by atoms with Crippen LogP contribution < -0.4 is 5.32 Å². The first-order chi connectivity index (χ1) is 14.3. The van der Waals surface area contributed by atoms with Gasteiger partial charge in [0.15, 0.2) is 0 Å². The van der Waals surface area contributed by atoms with Gasteiger partial charge in [0.1, 0.15) is 0 Å². The summed E-state index contributed by atoms with van der Waals surface area (Å²) in [4.78, 5) is 21.5. The van der Waals surface area contributed by atoms with E-state index in [0.717, 1.165) is 43.6 Å². The number of fused-ring (bicyclic) bond motifs is 1. The van der Waals surface area contributed by atoms with Gasteiger partial charge < -0.3 is 15.2 Å². The maximum atomic E-state index is 12.6. The van der Waals surface area contributed by atoms with Gasteiger partial charge in [0.05, 0.1) is 29.4 Å². The number of amides is 1. The average molecular weight is 415 g/mol. The minimum Gasteiger partial charge on any atom is -0.389 e. The Balaban J connectivity index is 1.37. The second-order valence-electron chi connectivity index (χ2n) is 8.85. The molecule has 1 unspecified atom stereocenters. The number of hydrogen-bond donors (Lipinski definition) is 2. The van der Waals surface area contributed by atoms with Gasteiger partial charge in [-0.05, 0) is 32.9 Å². The fraction of sp³-hybridized carbons (Fsp3) is 0.565. The molecule has 1 aliphatic rings. The fourth-order valence-corrected chi connectivity index (χ4v) is 3.61. The van der Waals surface area contributed by atoms with Gasteiger partial charge in [-0.3, -0.25) is 19.6 Å². The highest BCUT2D eigenvalue weighted by molar-refractivity contribution is 6.05. The molecular formula is C23H34N4O3. The molecule has 1 fully saturated rings. The zero-order valence-electron chi connectivity index (χ0n) is 18.3. The predicted octanol–water partition coefficient (Wildman–Crippen LogP) is 1.76. The van der Waals surface area contributed by atoms with Gasteiger partial charge in [0, 0.05) is 57.4 Å². The third kappa shape index (κ3) is 6.74. The highest BCUT2D eigenvalue weighted by atomic mass is 16.5. The van der Waals surface area contributed by atoms with Crippen molar-refractivity contribution >= 4 is 16.8 Å². The van der Waals surface area contributed by atoms with Crippen LogP contribution in [-0.2, 0) is 4.74 Å². The Morgan fingerprint density at radius 1 is 1.17 bits per heavy atom. The second-order valence-corrected chi connectivity index (χ2v) is 8.85. The van der Waals surface area contributed by atoms with Crippen molar-refractivity contribution in [3.63, 3.8) is 0 Å². The Morgan fingerprint density at radius 3 is 2.60 bits per heavy atom. The second kappa shape index (κ2) is 10.3. The summed E-state index contributed by atoms with van der Waals surface area (Å²) in [7, 11) is 0. The highest BCUT2D eigenvalue weighted by Crippen LogP contribution is 2.16. The molecule has 1 atom stereocenters. The molecule has 7 heteroatoms. The number of benzene rings is 1. The summed E-state index contributed by atoms with van der Waals surface area (Å²) in [6, 6.07) is 9.46. The Hall–Kier alpha value is -2.06. The van der Waals surface area contributed by atoms with Crippen LogP contribution in [0.5, 0.6) is 0 Å². The van der Waals surface area contributed by atoms with Crippen LogP contribution in [0.2, 0.25) is 0 Å². The Morgan fingerprint density at radius 2 is 1.87 bits per heavy atom. The highest BCUT2D eigenvalue weighted by Gasteiger charge is 2.21. The first kappa shape index (κ1) is 22.6. The lowest BCUT2D eigenvalue weighted by Gasteiger charge is -2.35. The van der Waals surface area contributed by atoms with E-state index < -0.39 is 6.10 Å². The molecule has 164 valence electrons. The van der Waals surface area contributed by atoms with E-state index in [0.29, 0.717) is 25.3 Å². The lowest BCUT2D eigenvalue weighted by Crippen LogP contribution is -2.50. The number of rotatable bonds is 8. The molecule has 0 bridgehead atoms. The minimum absolute atomic E-state index is 0.0609. The molecule has 1 amide bonds. The van der Waals surface area contributed by atoms with E-state index >= 15 is 0 Å². The molecule has 0 saturated carbocycles. The molecule has 1 aromatic heterocycles. The largest absolute Gasteiger partial charge is 0.389 e. The lowest BCUT2D eigenvalue weighted by atomic mass is 10.1. The SMILES string of the molecule is CC(C)(C)OCC(O)CN1CCN(CCNC(=O)c2ccnc3ccccc23)CC1. The van der Waals surface area contributed by atoms with Crippen molar-refractivity contribution in [2.24, 2.45) is 0 Å². The lowest BCUT2D eigenvalue weighted by molar-refractivity contribution is -0.0585. The fourth-order valence-electron chi connectivity index (χ4n) is 3.61. The molecule has 1 aromatic carbocycles. The van der Waals surface area contributed by atoms with Gasteiger partial charge in [-0.2, -0.15) is 0 Å². The number of β-amino-alcohol motifs (C(OH)–C–C–N with tert-alkyl or cyclic N) is 1. The Kier molecular flexibility index (Phi) is 7.77. The van der Waals surface area contributed by atoms with Crippen molar-refractivity contribution in [2.75, 3.05) is 52.4 Å². The summed E-state index contributed by atoms with van der Waals surface area (Å²) in [5.41, 5.74) is 1.26. The van der Waals surface area contributed by atoms with Gasteiger partial charge >= 0.3 is 0 Å². The van der Waals surface area contributed by atoms with Gasteiger partial charge in [-0.15, -0.1) is 0 Å². The molecule has 7 nitrogen and oxygen atoms in total. The number of hydrogen-bond acceptors (Lipinski definition) is 6. The number of nitrogens with one attached hydrogen (secondary N) is 1. The van der Waals surface area contributed by atoms with E-state index in [-0.39, 0.29) is 11.5 Å². The number of carbonyl (C=O) groups excluding carboxylic acids is 1. The van der Waals surface area contributed by atoms with Crippen LogP contribution >= 0.6 is 0 Å². The standard InChI is InChI=1S/C23H34N4O3/c1-23(2,3)30-17-18(28)16-27-14-12-26(13-15-27)11-10-25-22(29)20-8-9-24-21-7-5-4-6-19(20)21/h4-9,18,28H,10-17H2,1-3H3,(H,25,29). The summed E-state index contributed by atoms with van der Waals surface area (Å²) < 4.78 is 5.66. The van der Waals surface area contributed by atoms with Gasteiger partial charge in [0.25, 0.3) is 5.91 Å². The summed E-state index contributed by atoms with van der Waals surface area (Å²) in [5, 5.41) is 14.1. The van der Waals surface area contributed by atoms with Crippen LogP contribution in [-0.4, -0.2) is 89.9 Å². The number of nitrogens with zero attached hydrogens (tertiary/aromatic N) is 3. The van der Waals surface area contributed by atoms with Crippen molar-refractivity contribution in [1.29, 1.82) is 0 Å². The molecule has 0 spiro atoms. The number of ether oxygens (including phenoxy) is 1. The van der Waals surface area contributed by atoms with Crippen molar-refractivity contribution in [3.05, 3.63) is 42.1 Å². The van der Waals surface area contributed by atoms with Crippen LogP contribution in [0.3, 0.4) is 0 Å². The first-order valence-corrected chi connectivity index (χ1v) is 10.7. The quantitative estimate of drug-likeness (QED) is 0.685. The third-order valence-corrected chi connectivity index (χ3v) is 5.25. The zero-order valence-corrected chi connectivity index (χ0v) is 18.3. The van der Waals surface area contributed by atoms with Crippen molar-refractivity contribution < 1.29 is 14.6 Å². The molecule has 3 rings (SSSR count). The molecule has 1 saturated heterocycles. The number of piperazine rings is 1. The molecule has 2 heterocycles. The molecule has 2 N–H and O–H groups in total. The smallest absolute Gasteiger partial charge is 0.252 e. The number of carbonyl (C=O) groups is 1. The molecule has 0 radical (unpaired) electrons. The molecular weight excluding hydrogens is 380 g/mol. The summed E-state index contributed by atoms with van der Waals surface area (Å²) in [6.07, 6.45) is 1.21. The molecule has 2 aromatic rings. The van der Waals surface area contributed by atoms with E-state index in [1.807, 2.05) is 45.0 Å². The van der Waals surface area contributed by atoms with Gasteiger partial charge in [-0.25, -0.2) is 0 Å². The monoisotopic (exact) mass is 414 g/mol. The minimum atomic E-state index is -0.467. The molecule has 1 aliphatic heterocycles. The van der Waals surface area contributed by atoms with E-state index in [2.05, 4.69) is 20.1 Å². The maximum Gasteiger partial charge on any atom is 0.252 e. The van der Waals surface area contributed by atoms with Crippen LogP contribution in [0.4, 0.5) is 0 Å². The number of aliphatic hydroxyl groups excluding tert-OH is 1. The van der Waals surface area contributed by atoms with E-state index in [4.69, 9.17) is 4.74 Å². The van der Waals surface area contributed by atoms with Crippen LogP contribution in [0, 0.1) is 0 Å². The first-order valence-electron chi connectivity index (χ1n) is 10.7. The van der Waals surface area contributed by atoms with E-state index in [1.54, 1.807) is 12.3 Å². The maximum absolute atomic E-state index is 12.6. The van der Waals surface area contributed by atoms with Crippen LogP contribution in [0.1, 0.15) is 31.1 Å². The molecule has 0 aliphatic carbocycles. The topological polar surface area (TPSA) is 77.9 Å². The summed E-state index contributed by atoms with van der Waals surface area (Å²) in [5.74, 6) is -0.0609. The van der Waals surface area contributed by atoms with Gasteiger partial charge in [-0.1, -0.05) is 18.2 Å². The van der Waals surface area contributed by atoms with E-state index in [1.165, 1.54) is 0 Å². The number of para-hydroxylation sites is 1. The average Bonchev–Trinajstić information content (AvgIpc) is 2.72. The predicted molar refractivity (Wildman–Crippen MR) is 119 cm³/mol. The number of aromatic nitrogens is 1. The number of aliphatic hydroxyl groups is 1. The Bertz CT molecular complexity index is 823. The summed E-state index contributed by atoms with van der Waals surface area (Å²) in [6.45, 7) is 12.1. The zero-order chi connectivity index (χ0) is 21.6. The van der Waals surface area contributed by atoms with Crippen LogP contribution in [0.25, 0.3) is 10.9 Å². The van der Waals surface area contributed by atoms with Crippen molar-refractivity contribution in [1.82, 2.24) is 20.1 Å². The molecule has 30 heavy (non-hydrogen) atoms. The van der Waals surface area contributed by atoms with Gasteiger partial charge in [0.2, 0.25) is 0 Å². The third-order valence-electron chi connectivity index (χ3n) is 5.25.